The van der Waals surface area contributed by atoms with Crippen molar-refractivity contribution in [1.82, 2.24) is 14.8 Å². The maximum Gasteiger partial charge on any atom is 0.417 e. The molecule has 2 fully saturated rings. The lowest BCUT2D eigenvalue weighted by atomic mass is 10.1. The maximum absolute atomic E-state index is 13.1. The van der Waals surface area contributed by atoms with Crippen LogP contribution in [0.4, 0.5) is 10.5 Å². The Morgan fingerprint density at radius 1 is 0.938 bits per heavy atom. The molecule has 0 bridgehead atoms. The van der Waals surface area contributed by atoms with Crippen LogP contribution in [0.2, 0.25) is 5.02 Å². The van der Waals surface area contributed by atoms with Gasteiger partial charge in [-0.3, -0.25) is 9.69 Å². The van der Waals surface area contributed by atoms with Gasteiger partial charge in [-0.25, -0.2) is 14.7 Å². The summed E-state index contributed by atoms with van der Waals surface area (Å²) in [5.74, 6) is 1.32. The van der Waals surface area contributed by atoms with Crippen molar-refractivity contribution in [3.8, 4) is 11.5 Å². The molecule has 10 nitrogen and oxygen atoms in total. The summed E-state index contributed by atoms with van der Waals surface area (Å²) in [6.45, 7) is 4.96. The topological polar surface area (TPSA) is 97.6 Å². The van der Waals surface area contributed by atoms with Gasteiger partial charge in [-0.15, -0.1) is 0 Å². The number of hydrogen-bond donors (Lipinski definition) is 0. The van der Waals surface area contributed by atoms with E-state index in [0.29, 0.717) is 48.9 Å². The first-order chi connectivity index (χ1) is 23.4. The first-order valence-corrected chi connectivity index (χ1v) is 16.5. The average Bonchev–Trinajstić information content (AvgIpc) is 3.69. The zero-order valence-electron chi connectivity index (χ0n) is 26.9. The molecule has 3 heterocycles. The van der Waals surface area contributed by atoms with Crippen molar-refractivity contribution < 1.29 is 28.2 Å². The third kappa shape index (κ3) is 8.56. The normalized spacial score (nSPS) is 16.9. The molecule has 0 spiro atoms. The number of benzene rings is 3. The summed E-state index contributed by atoms with van der Waals surface area (Å²) in [4.78, 5) is 36.1. The first kappa shape index (κ1) is 33.1. The number of carbonyl (C=O) groups is 2. The van der Waals surface area contributed by atoms with E-state index in [1.807, 2.05) is 78.9 Å². The SMILES string of the molecule is COc1ccc(CCC2OC(=O)N(CCCN3CCN(c4cccc(Cl)c4)CC3)C2=O)cc1OCc1coc(/C=C/c2ccccc2)n1. The number of halogens is 1. The van der Waals surface area contributed by atoms with Crippen LogP contribution in [-0.2, 0) is 22.6 Å². The van der Waals surface area contributed by atoms with Crippen LogP contribution in [0.15, 0.2) is 83.5 Å². The number of aryl methyl sites for hydroxylation is 1. The van der Waals surface area contributed by atoms with Gasteiger partial charge in [0, 0.05) is 49.5 Å². The highest BCUT2D eigenvalue weighted by molar-refractivity contribution is 6.30. The number of anilines is 1. The van der Waals surface area contributed by atoms with Gasteiger partial charge >= 0.3 is 6.09 Å². The molecule has 0 saturated carbocycles. The molecule has 2 aliphatic heterocycles. The molecule has 2 saturated heterocycles. The molecule has 6 rings (SSSR count). The highest BCUT2D eigenvalue weighted by Gasteiger charge is 2.39. The van der Waals surface area contributed by atoms with Gasteiger partial charge in [-0.1, -0.05) is 54.1 Å². The number of oxazole rings is 1. The van der Waals surface area contributed by atoms with E-state index < -0.39 is 12.2 Å². The number of aromatic nitrogens is 1. The highest BCUT2D eigenvalue weighted by Crippen LogP contribution is 2.30. The minimum Gasteiger partial charge on any atom is -0.493 e. The Labute approximate surface area is 285 Å². The number of rotatable bonds is 14. The Morgan fingerprint density at radius 3 is 2.56 bits per heavy atom. The molecule has 11 heteroatoms. The van der Waals surface area contributed by atoms with Gasteiger partial charge in [0.1, 0.15) is 18.6 Å². The number of imide groups is 1. The van der Waals surface area contributed by atoms with Crippen molar-refractivity contribution in [2.24, 2.45) is 0 Å². The van der Waals surface area contributed by atoms with Crippen molar-refractivity contribution in [3.05, 3.63) is 107 Å². The number of cyclic esters (lactones) is 1. The smallest absolute Gasteiger partial charge is 0.417 e. The van der Waals surface area contributed by atoms with E-state index in [0.717, 1.165) is 54.6 Å². The monoisotopic (exact) mass is 670 g/mol. The van der Waals surface area contributed by atoms with Crippen molar-refractivity contribution in [1.29, 1.82) is 0 Å². The third-order valence-corrected chi connectivity index (χ3v) is 8.73. The van der Waals surface area contributed by atoms with E-state index in [4.69, 9.17) is 30.2 Å². The molecular formula is C37H39ClN4O6. The Kier molecular flexibility index (Phi) is 10.9. The van der Waals surface area contributed by atoms with Crippen LogP contribution >= 0.6 is 11.6 Å². The number of nitrogens with zero attached hydrogens (tertiary/aromatic N) is 4. The molecule has 2 amide bonds. The number of carbonyl (C=O) groups excluding carboxylic acids is 2. The number of methoxy groups -OCH3 is 1. The van der Waals surface area contributed by atoms with E-state index >= 15 is 0 Å². The van der Waals surface area contributed by atoms with Crippen molar-refractivity contribution in [2.75, 3.05) is 51.3 Å². The molecular weight excluding hydrogens is 632 g/mol. The van der Waals surface area contributed by atoms with Crippen molar-refractivity contribution in [2.45, 2.75) is 32.0 Å². The van der Waals surface area contributed by atoms with E-state index in [2.05, 4.69) is 20.9 Å². The number of amides is 2. The van der Waals surface area contributed by atoms with Gasteiger partial charge in [0.2, 0.25) is 5.89 Å². The predicted octanol–water partition coefficient (Wildman–Crippen LogP) is 6.58. The van der Waals surface area contributed by atoms with Crippen molar-refractivity contribution in [3.63, 3.8) is 0 Å². The van der Waals surface area contributed by atoms with Crippen LogP contribution in [0.1, 0.15) is 35.6 Å². The van der Waals surface area contributed by atoms with Crippen LogP contribution in [0.3, 0.4) is 0 Å². The minimum atomic E-state index is -0.803. The standard InChI is InChI=1S/C37H39ClN4O6/c1-45-32-14-11-28(23-34(32)46-25-30-26-47-35(39-30)16-13-27-7-3-2-4-8-27)12-15-33-36(43)42(37(44)48-33)18-6-17-40-19-21-41(22-20-40)31-10-5-9-29(38)24-31/h2-5,7-11,13-14,16,23-24,26,33H,6,12,15,17-22,25H2,1H3/b16-13+. The van der Waals surface area contributed by atoms with Gasteiger partial charge in [-0.2, -0.15) is 0 Å². The predicted molar refractivity (Wildman–Crippen MR) is 184 cm³/mol. The highest BCUT2D eigenvalue weighted by atomic mass is 35.5. The lowest BCUT2D eigenvalue weighted by molar-refractivity contribution is -0.129. The second-order valence-corrected chi connectivity index (χ2v) is 12.2. The Bertz CT molecular complexity index is 1720. The molecule has 0 radical (unpaired) electrons. The van der Waals surface area contributed by atoms with E-state index in [-0.39, 0.29) is 12.5 Å². The van der Waals surface area contributed by atoms with Gasteiger partial charge in [-0.05, 0) is 73.3 Å². The van der Waals surface area contributed by atoms with E-state index in [1.165, 1.54) is 4.90 Å². The molecule has 0 aliphatic carbocycles. The number of hydrogen-bond acceptors (Lipinski definition) is 9. The fraction of sp³-hybridized carbons (Fsp3) is 0.324. The quantitative estimate of drug-likeness (QED) is 0.147. The van der Waals surface area contributed by atoms with Crippen LogP contribution < -0.4 is 14.4 Å². The molecule has 48 heavy (non-hydrogen) atoms. The van der Waals surface area contributed by atoms with E-state index in [1.54, 1.807) is 13.4 Å². The molecule has 1 atom stereocenters. The summed E-state index contributed by atoms with van der Waals surface area (Å²) in [5, 5.41) is 0.736. The minimum absolute atomic E-state index is 0.188. The fourth-order valence-electron chi connectivity index (χ4n) is 5.87. The van der Waals surface area contributed by atoms with Crippen LogP contribution in [0.25, 0.3) is 12.2 Å². The summed E-state index contributed by atoms with van der Waals surface area (Å²) in [7, 11) is 1.58. The summed E-state index contributed by atoms with van der Waals surface area (Å²) in [5.41, 5.74) is 3.74. The number of ether oxygens (including phenoxy) is 3. The second kappa shape index (κ2) is 15.9. The largest absolute Gasteiger partial charge is 0.493 e. The maximum atomic E-state index is 13.1. The molecule has 4 aromatic rings. The molecule has 250 valence electrons. The van der Waals surface area contributed by atoms with Gasteiger partial charge in [0.15, 0.2) is 17.6 Å². The van der Waals surface area contributed by atoms with Gasteiger partial charge in [0.05, 0.1) is 7.11 Å². The Hall–Kier alpha value is -4.80. The van der Waals surface area contributed by atoms with Crippen LogP contribution in [0, 0.1) is 0 Å². The third-order valence-electron chi connectivity index (χ3n) is 8.49. The molecule has 3 aromatic carbocycles. The van der Waals surface area contributed by atoms with E-state index in [9.17, 15) is 9.59 Å². The second-order valence-electron chi connectivity index (χ2n) is 11.8. The molecule has 0 N–H and O–H groups in total. The summed E-state index contributed by atoms with van der Waals surface area (Å²) in [6.07, 6.45) is 5.52. The van der Waals surface area contributed by atoms with Crippen molar-refractivity contribution >= 4 is 41.4 Å². The lowest BCUT2D eigenvalue weighted by Gasteiger charge is -2.36. The Morgan fingerprint density at radius 2 is 1.77 bits per heavy atom. The molecule has 1 unspecified atom stereocenters. The lowest BCUT2D eigenvalue weighted by Crippen LogP contribution is -2.47. The van der Waals surface area contributed by atoms with Gasteiger partial charge in [0.25, 0.3) is 5.91 Å². The van der Waals surface area contributed by atoms with Gasteiger partial charge < -0.3 is 23.5 Å². The first-order valence-electron chi connectivity index (χ1n) is 16.2. The zero-order chi connectivity index (χ0) is 33.3. The molecule has 2 aliphatic rings. The fourth-order valence-corrected chi connectivity index (χ4v) is 6.06. The average molecular weight is 671 g/mol. The Balaban J connectivity index is 0.949. The van der Waals surface area contributed by atoms with Crippen LogP contribution in [-0.4, -0.2) is 79.3 Å². The van der Waals surface area contributed by atoms with Crippen LogP contribution in [0.5, 0.6) is 11.5 Å². The summed E-state index contributed by atoms with van der Waals surface area (Å²) in [6, 6.07) is 23.4. The summed E-state index contributed by atoms with van der Waals surface area (Å²) >= 11 is 6.16. The number of piperazine rings is 1. The zero-order valence-corrected chi connectivity index (χ0v) is 27.7. The molecule has 1 aromatic heterocycles. The summed E-state index contributed by atoms with van der Waals surface area (Å²) < 4.78 is 22.6.